The van der Waals surface area contributed by atoms with Crippen molar-refractivity contribution in [2.75, 3.05) is 4.72 Å². The summed E-state index contributed by atoms with van der Waals surface area (Å²) in [6.07, 6.45) is 0.706. The van der Waals surface area contributed by atoms with E-state index in [1.54, 1.807) is 34.7 Å². The van der Waals surface area contributed by atoms with Gasteiger partial charge in [-0.25, -0.2) is 8.42 Å². The van der Waals surface area contributed by atoms with Crippen molar-refractivity contribution >= 4 is 54.2 Å². The minimum Gasteiger partial charge on any atom is -0.282 e. The second-order valence-corrected chi connectivity index (χ2v) is 8.95. The van der Waals surface area contributed by atoms with E-state index in [2.05, 4.69) is 20.7 Å². The molecule has 0 fully saturated rings. The fourth-order valence-electron chi connectivity index (χ4n) is 2.01. The van der Waals surface area contributed by atoms with Gasteiger partial charge in [-0.3, -0.25) is 4.72 Å². The SMILES string of the molecule is CC1=CCC(S(=O)(=O)Nc2cc(C(F)(F)F)c(Br)cc2I)C=C1. The number of anilines is 1. The number of hydrogen-bond acceptors (Lipinski definition) is 2. The normalized spacial score (nSPS) is 18.7. The molecule has 9 heteroatoms. The molecule has 0 aromatic heterocycles. The maximum atomic E-state index is 13.0. The Kier molecular flexibility index (Phi) is 5.51. The smallest absolute Gasteiger partial charge is 0.282 e. The maximum Gasteiger partial charge on any atom is 0.417 e. The number of rotatable bonds is 3. The van der Waals surface area contributed by atoms with Gasteiger partial charge in [-0.15, -0.1) is 0 Å². The van der Waals surface area contributed by atoms with Crippen LogP contribution in [0.3, 0.4) is 0 Å². The number of alkyl halides is 3. The Labute approximate surface area is 154 Å². The zero-order valence-electron chi connectivity index (χ0n) is 11.8. The van der Waals surface area contributed by atoms with Crippen molar-refractivity contribution in [3.05, 3.63) is 49.5 Å². The highest BCUT2D eigenvalue weighted by Crippen LogP contribution is 2.38. The molecule has 1 aromatic carbocycles. The molecule has 2 rings (SSSR count). The zero-order chi connectivity index (χ0) is 17.4. The monoisotopic (exact) mass is 521 g/mol. The first kappa shape index (κ1) is 18.8. The van der Waals surface area contributed by atoms with Crippen LogP contribution in [0.25, 0.3) is 0 Å². The number of benzene rings is 1. The van der Waals surface area contributed by atoms with E-state index in [4.69, 9.17) is 0 Å². The van der Waals surface area contributed by atoms with E-state index in [9.17, 15) is 21.6 Å². The molecule has 1 unspecified atom stereocenters. The molecule has 0 bridgehead atoms. The summed E-state index contributed by atoms with van der Waals surface area (Å²) >= 11 is 4.65. The lowest BCUT2D eigenvalue weighted by Gasteiger charge is -2.19. The van der Waals surface area contributed by atoms with Gasteiger partial charge in [0.1, 0.15) is 5.25 Å². The minimum absolute atomic E-state index is 0.0826. The molecule has 1 atom stereocenters. The molecule has 3 nitrogen and oxygen atoms in total. The Hall–Kier alpha value is -0.550. The summed E-state index contributed by atoms with van der Waals surface area (Å²) in [7, 11) is -3.83. The van der Waals surface area contributed by atoms with Crippen molar-refractivity contribution < 1.29 is 21.6 Å². The van der Waals surface area contributed by atoms with Crippen molar-refractivity contribution in [3.8, 4) is 0 Å². The molecule has 1 N–H and O–H groups in total. The number of allylic oxidation sites excluding steroid dienone is 3. The second kappa shape index (κ2) is 6.75. The third kappa shape index (κ3) is 4.50. The zero-order valence-corrected chi connectivity index (χ0v) is 16.3. The van der Waals surface area contributed by atoms with Crippen molar-refractivity contribution in [2.45, 2.75) is 24.8 Å². The van der Waals surface area contributed by atoms with Crippen LogP contribution >= 0.6 is 38.5 Å². The standard InChI is InChI=1S/C14H12BrF3INO2S/c1-8-2-4-9(5-3-8)23(21,22)20-13-6-10(14(16,17)18)11(15)7-12(13)19/h2-4,6-7,9,20H,5H2,1H3. The van der Waals surface area contributed by atoms with Crippen LogP contribution in [0, 0.1) is 3.57 Å². The van der Waals surface area contributed by atoms with Gasteiger partial charge in [0.25, 0.3) is 0 Å². The average Bonchev–Trinajstić information content (AvgIpc) is 2.41. The highest BCUT2D eigenvalue weighted by atomic mass is 127. The number of hydrogen-bond donors (Lipinski definition) is 1. The van der Waals surface area contributed by atoms with E-state index in [-0.39, 0.29) is 16.6 Å². The molecule has 0 amide bonds. The summed E-state index contributed by atoms with van der Waals surface area (Å²) in [6, 6.07) is 2.04. The van der Waals surface area contributed by atoms with E-state index >= 15 is 0 Å². The number of sulfonamides is 1. The van der Waals surface area contributed by atoms with Crippen LogP contribution in [-0.2, 0) is 16.2 Å². The van der Waals surface area contributed by atoms with Gasteiger partial charge in [0.15, 0.2) is 0 Å². The average molecular weight is 522 g/mol. The van der Waals surface area contributed by atoms with Crippen LogP contribution in [0.4, 0.5) is 18.9 Å². The lowest BCUT2D eigenvalue weighted by atomic mass is 10.1. The molecule has 0 heterocycles. The van der Waals surface area contributed by atoms with E-state index in [1.807, 2.05) is 6.92 Å². The predicted octanol–water partition coefficient (Wildman–Crippen LogP) is 5.09. The Morgan fingerprint density at radius 3 is 2.52 bits per heavy atom. The molecule has 0 aliphatic heterocycles. The summed E-state index contributed by atoms with van der Waals surface area (Å²) in [5, 5.41) is -0.806. The number of nitrogens with one attached hydrogen (secondary N) is 1. The van der Waals surface area contributed by atoms with Crippen molar-refractivity contribution in [1.82, 2.24) is 0 Å². The first-order chi connectivity index (χ1) is 10.5. The van der Waals surface area contributed by atoms with Gasteiger partial charge in [-0.05, 0) is 48.1 Å². The Morgan fingerprint density at radius 1 is 1.35 bits per heavy atom. The van der Waals surface area contributed by atoms with Crippen LogP contribution in [-0.4, -0.2) is 13.7 Å². The van der Waals surface area contributed by atoms with Gasteiger partial charge < -0.3 is 0 Å². The molecular formula is C14H12BrF3INO2S. The molecule has 23 heavy (non-hydrogen) atoms. The Bertz CT molecular complexity index is 788. The van der Waals surface area contributed by atoms with Crippen molar-refractivity contribution in [3.63, 3.8) is 0 Å². The van der Waals surface area contributed by atoms with Crippen LogP contribution in [0.1, 0.15) is 18.9 Å². The third-order valence-corrected chi connectivity index (χ3v) is 6.46. The first-order valence-electron chi connectivity index (χ1n) is 6.43. The van der Waals surface area contributed by atoms with Gasteiger partial charge in [0.05, 0.1) is 11.3 Å². The van der Waals surface area contributed by atoms with E-state index in [1.165, 1.54) is 12.1 Å². The fourth-order valence-corrected chi connectivity index (χ4v) is 5.05. The maximum absolute atomic E-state index is 13.0. The van der Waals surface area contributed by atoms with E-state index < -0.39 is 27.0 Å². The largest absolute Gasteiger partial charge is 0.417 e. The van der Waals surface area contributed by atoms with Gasteiger partial charge in [-0.2, -0.15) is 13.2 Å². The van der Waals surface area contributed by atoms with Crippen LogP contribution in [0.2, 0.25) is 0 Å². The van der Waals surface area contributed by atoms with Gasteiger partial charge in [0, 0.05) is 8.04 Å². The Balaban J connectivity index is 2.35. The molecular weight excluding hydrogens is 510 g/mol. The predicted molar refractivity (Wildman–Crippen MR) is 95.7 cm³/mol. The minimum atomic E-state index is -4.58. The quantitative estimate of drug-likeness (QED) is 0.563. The molecule has 126 valence electrons. The molecule has 1 aromatic rings. The van der Waals surface area contributed by atoms with Crippen molar-refractivity contribution in [2.24, 2.45) is 0 Å². The molecule has 0 radical (unpaired) electrons. The summed E-state index contributed by atoms with van der Waals surface area (Å²) in [6.45, 7) is 1.85. The van der Waals surface area contributed by atoms with Crippen LogP contribution in [0.15, 0.2) is 40.4 Å². The van der Waals surface area contributed by atoms with Gasteiger partial charge in [0.2, 0.25) is 10.0 Å². The second-order valence-electron chi connectivity index (χ2n) is 5.04. The fraction of sp³-hybridized carbons (Fsp3) is 0.286. The van der Waals surface area contributed by atoms with Crippen molar-refractivity contribution in [1.29, 1.82) is 0 Å². The molecule has 0 saturated heterocycles. The summed E-state index contributed by atoms with van der Waals surface area (Å²) in [5.41, 5.74) is -0.0552. The van der Waals surface area contributed by atoms with Crippen LogP contribution < -0.4 is 4.72 Å². The third-order valence-electron chi connectivity index (χ3n) is 3.26. The van der Waals surface area contributed by atoms with E-state index in [0.29, 0.717) is 3.57 Å². The molecule has 1 aliphatic rings. The highest BCUT2D eigenvalue weighted by molar-refractivity contribution is 14.1. The van der Waals surface area contributed by atoms with Gasteiger partial charge in [-0.1, -0.05) is 39.7 Å². The molecule has 1 aliphatic carbocycles. The Morgan fingerprint density at radius 2 is 2.00 bits per heavy atom. The lowest BCUT2D eigenvalue weighted by molar-refractivity contribution is -0.138. The molecule has 0 spiro atoms. The van der Waals surface area contributed by atoms with Crippen LogP contribution in [0.5, 0.6) is 0 Å². The topological polar surface area (TPSA) is 46.2 Å². The highest BCUT2D eigenvalue weighted by Gasteiger charge is 2.34. The first-order valence-corrected chi connectivity index (χ1v) is 9.85. The lowest BCUT2D eigenvalue weighted by Crippen LogP contribution is -2.27. The van der Waals surface area contributed by atoms with Gasteiger partial charge >= 0.3 is 6.18 Å². The summed E-state index contributed by atoms with van der Waals surface area (Å²) < 4.78 is 66.1. The number of halogens is 5. The summed E-state index contributed by atoms with van der Waals surface area (Å²) in [4.78, 5) is 0. The molecule has 0 saturated carbocycles. The summed E-state index contributed by atoms with van der Waals surface area (Å²) in [5.74, 6) is 0. The van der Waals surface area contributed by atoms with E-state index in [0.717, 1.165) is 11.6 Å².